The second-order valence-electron chi connectivity index (χ2n) is 6.15. The number of nitrogens with zero attached hydrogens (tertiary/aromatic N) is 4. The van der Waals surface area contributed by atoms with Crippen LogP contribution in [0.15, 0.2) is 61.1 Å². The number of anilines is 2. The molecule has 28 heavy (non-hydrogen) atoms. The Morgan fingerprint density at radius 3 is 2.68 bits per heavy atom. The zero-order chi connectivity index (χ0) is 19.8. The second kappa shape index (κ2) is 9.45. The summed E-state index contributed by atoms with van der Waals surface area (Å²) in [6, 6.07) is 12.9. The number of amides is 1. The van der Waals surface area contributed by atoms with Crippen LogP contribution in [0.2, 0.25) is 0 Å². The molecule has 0 bridgehead atoms. The minimum atomic E-state index is -0.307. The van der Waals surface area contributed by atoms with Gasteiger partial charge < -0.3 is 15.0 Å². The van der Waals surface area contributed by atoms with Crippen molar-refractivity contribution in [2.45, 2.75) is 13.3 Å². The van der Waals surface area contributed by atoms with Gasteiger partial charge in [-0.15, -0.1) is 0 Å². The van der Waals surface area contributed by atoms with Crippen LogP contribution in [0.3, 0.4) is 0 Å². The molecule has 0 aliphatic rings. The Hall–Kier alpha value is -3.48. The summed E-state index contributed by atoms with van der Waals surface area (Å²) in [6.07, 6.45) is 5.98. The molecular weight excluding hydrogens is 354 g/mol. The molecule has 0 aliphatic heterocycles. The first kappa shape index (κ1) is 19.3. The molecule has 3 rings (SSSR count). The number of nitrogens with one attached hydrogen (secondary N) is 1. The van der Waals surface area contributed by atoms with Gasteiger partial charge in [-0.2, -0.15) is 0 Å². The van der Waals surface area contributed by atoms with Crippen LogP contribution >= 0.6 is 0 Å². The van der Waals surface area contributed by atoms with Gasteiger partial charge in [0.05, 0.1) is 12.3 Å². The summed E-state index contributed by atoms with van der Waals surface area (Å²) in [7, 11) is 1.91. The summed E-state index contributed by atoms with van der Waals surface area (Å²) < 4.78 is 5.55. The second-order valence-corrected chi connectivity index (χ2v) is 6.15. The maximum absolute atomic E-state index is 12.6. The Morgan fingerprint density at radius 1 is 1.11 bits per heavy atom. The van der Waals surface area contributed by atoms with Crippen molar-refractivity contribution < 1.29 is 9.53 Å². The largest absolute Gasteiger partial charge is 0.492 e. The van der Waals surface area contributed by atoms with Gasteiger partial charge in [-0.05, 0) is 49.2 Å². The summed E-state index contributed by atoms with van der Waals surface area (Å²) >= 11 is 0. The van der Waals surface area contributed by atoms with E-state index in [2.05, 4.69) is 20.3 Å². The Kier molecular flexibility index (Phi) is 6.51. The van der Waals surface area contributed by atoms with Crippen molar-refractivity contribution in [3.63, 3.8) is 0 Å². The third-order valence-electron chi connectivity index (χ3n) is 4.14. The lowest BCUT2D eigenvalue weighted by Crippen LogP contribution is -2.24. The molecule has 2 aromatic heterocycles. The summed E-state index contributed by atoms with van der Waals surface area (Å²) in [6.45, 7) is 3.15. The van der Waals surface area contributed by atoms with Gasteiger partial charge >= 0.3 is 0 Å². The van der Waals surface area contributed by atoms with Crippen LogP contribution < -0.4 is 15.0 Å². The van der Waals surface area contributed by atoms with Crippen LogP contribution in [-0.2, 0) is 6.42 Å². The standard InChI is InChI=1S/C21H23N5O2/c1-3-28-19-7-5-4-6-17(19)24-20(27)18-10-14-23-21(25-18)26(2)15-11-16-8-12-22-13-9-16/h4-10,12-14H,3,11,15H2,1-2H3,(H,24,27). The Morgan fingerprint density at radius 2 is 1.89 bits per heavy atom. The van der Waals surface area contributed by atoms with Gasteiger partial charge in [-0.3, -0.25) is 9.78 Å². The molecule has 0 spiro atoms. The molecule has 0 unspecified atom stereocenters. The first-order chi connectivity index (χ1) is 13.7. The van der Waals surface area contributed by atoms with Gasteiger partial charge in [0.15, 0.2) is 0 Å². The zero-order valence-electron chi connectivity index (χ0n) is 16.0. The minimum absolute atomic E-state index is 0.298. The highest BCUT2D eigenvalue weighted by Crippen LogP contribution is 2.24. The van der Waals surface area contributed by atoms with Crippen molar-refractivity contribution in [2.24, 2.45) is 0 Å². The average Bonchev–Trinajstić information content (AvgIpc) is 2.74. The van der Waals surface area contributed by atoms with Crippen LogP contribution in [0.5, 0.6) is 5.75 Å². The van der Waals surface area contributed by atoms with Gasteiger partial charge in [-0.25, -0.2) is 9.97 Å². The van der Waals surface area contributed by atoms with Crippen molar-refractivity contribution in [3.05, 3.63) is 72.3 Å². The number of pyridine rings is 1. The highest BCUT2D eigenvalue weighted by Gasteiger charge is 2.13. The monoisotopic (exact) mass is 377 g/mol. The number of hydrogen-bond acceptors (Lipinski definition) is 6. The molecule has 0 aliphatic carbocycles. The predicted octanol–water partition coefficient (Wildman–Crippen LogP) is 3.20. The zero-order valence-corrected chi connectivity index (χ0v) is 16.0. The number of para-hydroxylation sites is 2. The number of carbonyl (C=O) groups excluding carboxylic acids is 1. The van der Waals surface area contributed by atoms with Gasteiger partial charge in [0, 0.05) is 32.2 Å². The van der Waals surface area contributed by atoms with Gasteiger partial charge in [0.1, 0.15) is 11.4 Å². The highest BCUT2D eigenvalue weighted by molar-refractivity contribution is 6.03. The number of likely N-dealkylation sites (N-methyl/N-ethyl adjacent to an activating group) is 1. The van der Waals surface area contributed by atoms with Gasteiger partial charge in [0.25, 0.3) is 5.91 Å². The molecule has 7 heteroatoms. The van der Waals surface area contributed by atoms with Crippen LogP contribution in [0.1, 0.15) is 23.0 Å². The number of hydrogen-bond donors (Lipinski definition) is 1. The molecular formula is C21H23N5O2. The van der Waals surface area contributed by atoms with Crippen molar-refractivity contribution in [2.75, 3.05) is 30.4 Å². The van der Waals surface area contributed by atoms with E-state index in [0.29, 0.717) is 29.7 Å². The van der Waals surface area contributed by atoms with E-state index in [-0.39, 0.29) is 5.91 Å². The van der Waals surface area contributed by atoms with Crippen molar-refractivity contribution in [1.82, 2.24) is 15.0 Å². The van der Waals surface area contributed by atoms with Crippen molar-refractivity contribution in [3.8, 4) is 5.75 Å². The molecule has 7 nitrogen and oxygen atoms in total. The molecule has 0 atom stereocenters. The summed E-state index contributed by atoms with van der Waals surface area (Å²) in [5.74, 6) is 0.820. The summed E-state index contributed by atoms with van der Waals surface area (Å²) in [5.41, 5.74) is 2.09. The lowest BCUT2D eigenvalue weighted by atomic mass is 10.2. The van der Waals surface area contributed by atoms with Crippen molar-refractivity contribution in [1.29, 1.82) is 0 Å². The lowest BCUT2D eigenvalue weighted by Gasteiger charge is -2.17. The third kappa shape index (κ3) is 5.03. The third-order valence-corrected chi connectivity index (χ3v) is 4.14. The van der Waals surface area contributed by atoms with Crippen LogP contribution in [-0.4, -0.2) is 41.1 Å². The minimum Gasteiger partial charge on any atom is -0.492 e. The molecule has 0 radical (unpaired) electrons. The summed E-state index contributed by atoms with van der Waals surface area (Å²) in [5, 5.41) is 2.86. The molecule has 144 valence electrons. The van der Waals surface area contributed by atoms with E-state index in [4.69, 9.17) is 4.74 Å². The van der Waals surface area contributed by atoms with Gasteiger partial charge in [0.2, 0.25) is 5.95 Å². The molecule has 1 aromatic carbocycles. The van der Waals surface area contributed by atoms with Gasteiger partial charge in [-0.1, -0.05) is 12.1 Å². The van der Waals surface area contributed by atoms with E-state index < -0.39 is 0 Å². The predicted molar refractivity (Wildman–Crippen MR) is 109 cm³/mol. The first-order valence-corrected chi connectivity index (χ1v) is 9.13. The molecule has 0 fully saturated rings. The average molecular weight is 377 g/mol. The maximum atomic E-state index is 12.6. The van der Waals surface area contributed by atoms with E-state index in [1.165, 1.54) is 5.56 Å². The Balaban J connectivity index is 1.67. The number of aromatic nitrogens is 3. The van der Waals surface area contributed by atoms with Crippen LogP contribution in [0.25, 0.3) is 0 Å². The van der Waals surface area contributed by atoms with E-state index in [9.17, 15) is 4.79 Å². The molecule has 1 amide bonds. The number of rotatable bonds is 8. The SMILES string of the molecule is CCOc1ccccc1NC(=O)c1ccnc(N(C)CCc2ccncc2)n1. The molecule has 0 saturated heterocycles. The number of ether oxygens (including phenoxy) is 1. The molecule has 3 aromatic rings. The number of carbonyl (C=O) groups is 1. The first-order valence-electron chi connectivity index (χ1n) is 9.13. The molecule has 1 N–H and O–H groups in total. The molecule has 2 heterocycles. The topological polar surface area (TPSA) is 80.2 Å². The lowest BCUT2D eigenvalue weighted by molar-refractivity contribution is 0.102. The summed E-state index contributed by atoms with van der Waals surface area (Å²) in [4.78, 5) is 27.3. The fourth-order valence-electron chi connectivity index (χ4n) is 2.64. The quantitative estimate of drug-likeness (QED) is 0.649. The smallest absolute Gasteiger partial charge is 0.274 e. The fraction of sp³-hybridized carbons (Fsp3) is 0.238. The van der Waals surface area contributed by atoms with E-state index in [1.807, 2.05) is 49.2 Å². The van der Waals surface area contributed by atoms with E-state index in [0.717, 1.165) is 13.0 Å². The normalized spacial score (nSPS) is 10.4. The van der Waals surface area contributed by atoms with E-state index >= 15 is 0 Å². The van der Waals surface area contributed by atoms with Crippen molar-refractivity contribution >= 4 is 17.5 Å². The Labute approximate surface area is 164 Å². The van der Waals surface area contributed by atoms with E-state index in [1.54, 1.807) is 30.7 Å². The highest BCUT2D eigenvalue weighted by atomic mass is 16.5. The number of benzene rings is 1. The Bertz CT molecular complexity index is 917. The maximum Gasteiger partial charge on any atom is 0.274 e. The fourth-order valence-corrected chi connectivity index (χ4v) is 2.64. The van der Waals surface area contributed by atoms with Crippen LogP contribution in [0, 0.1) is 0 Å². The van der Waals surface area contributed by atoms with Crippen LogP contribution in [0.4, 0.5) is 11.6 Å². The molecule has 0 saturated carbocycles.